The first-order chi connectivity index (χ1) is 9.58. The maximum absolute atomic E-state index is 13.3. The molecule has 3 aromatic rings. The Morgan fingerprint density at radius 3 is 2.70 bits per heavy atom. The summed E-state index contributed by atoms with van der Waals surface area (Å²) in [5, 5.41) is 9.20. The maximum Gasteiger partial charge on any atom is 0.356 e. The van der Waals surface area contributed by atoms with Gasteiger partial charge in [-0.25, -0.2) is 14.2 Å². The van der Waals surface area contributed by atoms with E-state index in [0.29, 0.717) is 22.7 Å². The summed E-state index contributed by atoms with van der Waals surface area (Å²) in [6, 6.07) is 10.7. The van der Waals surface area contributed by atoms with Crippen LogP contribution in [-0.4, -0.2) is 20.5 Å². The van der Waals surface area contributed by atoms with Crippen LogP contribution in [0.1, 0.15) is 10.5 Å². The molecule has 0 bridgehead atoms. The molecular weight excluding hydrogens is 261 g/mol. The minimum absolute atomic E-state index is 0.114. The highest BCUT2D eigenvalue weighted by atomic mass is 19.1. The van der Waals surface area contributed by atoms with E-state index in [1.54, 1.807) is 24.3 Å². The second-order valence-electron chi connectivity index (χ2n) is 4.27. The summed E-state index contributed by atoms with van der Waals surface area (Å²) in [7, 11) is 0. The molecule has 0 saturated carbocycles. The summed E-state index contributed by atoms with van der Waals surface area (Å²) in [6.07, 6.45) is 0. The Labute approximate surface area is 113 Å². The standard InChI is InChI=1S/C14H10FN3O2/c15-9-4-1-3-8(7-9)13-17-12(14(19)20)10-5-2-6-11(16)18(10)13/h1-7H,16H2,(H,19,20). The highest BCUT2D eigenvalue weighted by molar-refractivity contribution is 5.95. The van der Waals surface area contributed by atoms with E-state index in [1.165, 1.54) is 22.6 Å². The van der Waals surface area contributed by atoms with Gasteiger partial charge in [-0.1, -0.05) is 18.2 Å². The van der Waals surface area contributed by atoms with E-state index in [-0.39, 0.29) is 5.69 Å². The molecule has 1 aromatic carbocycles. The van der Waals surface area contributed by atoms with Crippen molar-refractivity contribution in [2.45, 2.75) is 0 Å². The van der Waals surface area contributed by atoms with Crippen molar-refractivity contribution < 1.29 is 14.3 Å². The first kappa shape index (κ1) is 12.2. The molecule has 0 unspecified atom stereocenters. The minimum Gasteiger partial charge on any atom is -0.476 e. The average molecular weight is 271 g/mol. The number of hydrogen-bond acceptors (Lipinski definition) is 3. The molecule has 0 aliphatic heterocycles. The molecule has 100 valence electrons. The van der Waals surface area contributed by atoms with Crippen molar-refractivity contribution in [1.82, 2.24) is 9.38 Å². The van der Waals surface area contributed by atoms with E-state index in [4.69, 9.17) is 5.73 Å². The highest BCUT2D eigenvalue weighted by Gasteiger charge is 2.19. The van der Waals surface area contributed by atoms with Crippen molar-refractivity contribution in [1.29, 1.82) is 0 Å². The third kappa shape index (κ3) is 1.78. The van der Waals surface area contributed by atoms with E-state index >= 15 is 0 Å². The predicted molar refractivity (Wildman–Crippen MR) is 72.0 cm³/mol. The van der Waals surface area contributed by atoms with Crippen LogP contribution >= 0.6 is 0 Å². The first-order valence-corrected chi connectivity index (χ1v) is 5.84. The van der Waals surface area contributed by atoms with Crippen LogP contribution in [0, 0.1) is 5.82 Å². The van der Waals surface area contributed by atoms with Crippen LogP contribution in [-0.2, 0) is 0 Å². The van der Waals surface area contributed by atoms with Crippen LogP contribution in [0.25, 0.3) is 16.9 Å². The summed E-state index contributed by atoms with van der Waals surface area (Å²) >= 11 is 0. The number of fused-ring (bicyclic) bond motifs is 1. The summed E-state index contributed by atoms with van der Waals surface area (Å²) in [6.45, 7) is 0. The summed E-state index contributed by atoms with van der Waals surface area (Å²) < 4.78 is 14.8. The number of carboxylic acids is 1. The van der Waals surface area contributed by atoms with Gasteiger partial charge in [0.1, 0.15) is 17.5 Å². The van der Waals surface area contributed by atoms with Crippen LogP contribution < -0.4 is 5.73 Å². The Hall–Kier alpha value is -2.89. The normalized spacial score (nSPS) is 10.8. The van der Waals surface area contributed by atoms with Gasteiger partial charge in [0.25, 0.3) is 0 Å². The average Bonchev–Trinajstić information content (AvgIpc) is 2.80. The van der Waals surface area contributed by atoms with E-state index in [1.807, 2.05) is 0 Å². The molecule has 0 aliphatic rings. The van der Waals surface area contributed by atoms with Gasteiger partial charge in [0, 0.05) is 5.56 Å². The highest BCUT2D eigenvalue weighted by Crippen LogP contribution is 2.26. The molecule has 0 aliphatic carbocycles. The van der Waals surface area contributed by atoms with Crippen molar-refractivity contribution in [3.8, 4) is 11.4 Å². The molecule has 2 aromatic heterocycles. The van der Waals surface area contributed by atoms with Gasteiger partial charge in [-0.15, -0.1) is 0 Å². The number of nitrogen functional groups attached to an aromatic ring is 1. The topological polar surface area (TPSA) is 80.6 Å². The molecule has 20 heavy (non-hydrogen) atoms. The lowest BCUT2D eigenvalue weighted by atomic mass is 10.2. The number of carboxylic acid groups (broad SMARTS) is 1. The molecule has 0 atom stereocenters. The number of imidazole rings is 1. The molecule has 0 saturated heterocycles. The number of pyridine rings is 1. The number of halogens is 1. The van der Waals surface area contributed by atoms with Crippen molar-refractivity contribution in [3.63, 3.8) is 0 Å². The van der Waals surface area contributed by atoms with Crippen molar-refractivity contribution in [3.05, 3.63) is 54.0 Å². The second kappa shape index (κ2) is 4.34. The van der Waals surface area contributed by atoms with Crippen LogP contribution in [0.5, 0.6) is 0 Å². The lowest BCUT2D eigenvalue weighted by Gasteiger charge is -2.04. The fraction of sp³-hybridized carbons (Fsp3) is 0. The maximum atomic E-state index is 13.3. The third-order valence-electron chi connectivity index (χ3n) is 2.98. The van der Waals surface area contributed by atoms with Crippen LogP contribution in [0.2, 0.25) is 0 Å². The van der Waals surface area contributed by atoms with E-state index < -0.39 is 11.8 Å². The van der Waals surface area contributed by atoms with Gasteiger partial charge in [0.05, 0.1) is 5.52 Å². The Morgan fingerprint density at radius 2 is 2.00 bits per heavy atom. The fourth-order valence-corrected chi connectivity index (χ4v) is 2.14. The van der Waals surface area contributed by atoms with Gasteiger partial charge in [0.2, 0.25) is 0 Å². The number of nitrogens with two attached hydrogens (primary N) is 1. The van der Waals surface area contributed by atoms with E-state index in [9.17, 15) is 14.3 Å². The van der Waals surface area contributed by atoms with Gasteiger partial charge in [0.15, 0.2) is 5.69 Å². The molecule has 3 rings (SSSR count). The number of hydrogen-bond donors (Lipinski definition) is 2. The molecule has 0 fully saturated rings. The van der Waals surface area contributed by atoms with Gasteiger partial charge < -0.3 is 10.8 Å². The molecular formula is C14H10FN3O2. The number of aromatic carboxylic acids is 1. The summed E-state index contributed by atoms with van der Waals surface area (Å²) in [4.78, 5) is 15.3. The van der Waals surface area contributed by atoms with Crippen LogP contribution in [0.15, 0.2) is 42.5 Å². The van der Waals surface area contributed by atoms with Crippen molar-refractivity contribution >= 4 is 17.3 Å². The summed E-state index contributed by atoms with van der Waals surface area (Å²) in [5.74, 6) is -0.946. The molecule has 0 radical (unpaired) electrons. The van der Waals surface area contributed by atoms with Crippen LogP contribution in [0.4, 0.5) is 10.2 Å². The number of benzene rings is 1. The van der Waals surface area contributed by atoms with Crippen molar-refractivity contribution in [2.75, 3.05) is 5.73 Å². The summed E-state index contributed by atoms with van der Waals surface area (Å²) in [5.41, 5.74) is 6.60. The molecule has 3 N–H and O–H groups in total. The van der Waals surface area contributed by atoms with E-state index in [0.717, 1.165) is 0 Å². The number of nitrogens with zero attached hydrogens (tertiary/aromatic N) is 2. The smallest absolute Gasteiger partial charge is 0.356 e. The largest absolute Gasteiger partial charge is 0.476 e. The predicted octanol–water partition coefficient (Wildman–Crippen LogP) is 2.42. The molecule has 0 amide bonds. The Kier molecular flexibility index (Phi) is 2.64. The van der Waals surface area contributed by atoms with Crippen LogP contribution in [0.3, 0.4) is 0 Å². The van der Waals surface area contributed by atoms with Gasteiger partial charge in [-0.05, 0) is 24.3 Å². The van der Waals surface area contributed by atoms with E-state index in [2.05, 4.69) is 4.98 Å². The van der Waals surface area contributed by atoms with Gasteiger partial charge in [-0.2, -0.15) is 0 Å². The molecule has 5 nitrogen and oxygen atoms in total. The zero-order valence-electron chi connectivity index (χ0n) is 10.2. The zero-order chi connectivity index (χ0) is 14.3. The van der Waals surface area contributed by atoms with Gasteiger partial charge >= 0.3 is 5.97 Å². The number of anilines is 1. The first-order valence-electron chi connectivity index (χ1n) is 5.84. The Morgan fingerprint density at radius 1 is 1.25 bits per heavy atom. The second-order valence-corrected chi connectivity index (χ2v) is 4.27. The lowest BCUT2D eigenvalue weighted by Crippen LogP contribution is -1.99. The van der Waals surface area contributed by atoms with Gasteiger partial charge in [-0.3, -0.25) is 4.40 Å². The van der Waals surface area contributed by atoms with Crippen molar-refractivity contribution in [2.24, 2.45) is 0 Å². The number of aromatic nitrogens is 2. The zero-order valence-corrected chi connectivity index (χ0v) is 10.2. The quantitative estimate of drug-likeness (QED) is 0.750. The molecule has 0 spiro atoms. The SMILES string of the molecule is Nc1cccc2c(C(=O)O)nc(-c3cccc(F)c3)n12. The Balaban J connectivity index is 2.39. The number of carbonyl (C=O) groups is 1. The Bertz CT molecular complexity index is 826. The minimum atomic E-state index is -1.16. The fourth-order valence-electron chi connectivity index (χ4n) is 2.14. The third-order valence-corrected chi connectivity index (χ3v) is 2.98. The molecule has 6 heteroatoms. The number of rotatable bonds is 2. The molecule has 2 heterocycles. The lowest BCUT2D eigenvalue weighted by molar-refractivity contribution is 0.0693. The monoisotopic (exact) mass is 271 g/mol.